The lowest BCUT2D eigenvalue weighted by Gasteiger charge is -2.22. The number of amides is 1. The van der Waals surface area contributed by atoms with Crippen LogP contribution in [0.2, 0.25) is 0 Å². The van der Waals surface area contributed by atoms with Gasteiger partial charge in [0.1, 0.15) is 5.82 Å². The van der Waals surface area contributed by atoms with Crippen molar-refractivity contribution in [2.24, 2.45) is 0 Å². The highest BCUT2D eigenvalue weighted by Gasteiger charge is 2.21. The Hall–Kier alpha value is -2.84. The summed E-state index contributed by atoms with van der Waals surface area (Å²) in [6.45, 7) is 3.21. The Morgan fingerprint density at radius 1 is 1.07 bits per heavy atom. The summed E-state index contributed by atoms with van der Waals surface area (Å²) in [6, 6.07) is 11.8. The minimum atomic E-state index is -0.277. The Bertz CT molecular complexity index is 1170. The van der Waals surface area contributed by atoms with Crippen LogP contribution in [-0.4, -0.2) is 51.9 Å². The number of halogens is 1. The first-order valence-electron chi connectivity index (χ1n) is 9.53. The highest BCUT2D eigenvalue weighted by molar-refractivity contribution is 7.71. The van der Waals surface area contributed by atoms with Crippen molar-refractivity contribution in [1.82, 2.24) is 19.8 Å². The molecule has 0 bridgehead atoms. The second kappa shape index (κ2) is 8.26. The predicted octanol–water partition coefficient (Wildman–Crippen LogP) is 3.07. The summed E-state index contributed by atoms with van der Waals surface area (Å²) in [4.78, 5) is 34.4. The third-order valence-electron chi connectivity index (χ3n) is 5.21. The van der Waals surface area contributed by atoms with Gasteiger partial charge in [0.25, 0.3) is 11.5 Å². The number of hydrogen-bond donors (Lipinski definition) is 2. The van der Waals surface area contributed by atoms with Crippen molar-refractivity contribution in [2.75, 3.05) is 26.2 Å². The van der Waals surface area contributed by atoms with Gasteiger partial charge in [-0.3, -0.25) is 19.5 Å². The second-order valence-electron chi connectivity index (χ2n) is 7.18. The average Bonchev–Trinajstić information content (AvgIpc) is 2.94. The van der Waals surface area contributed by atoms with Gasteiger partial charge in [0.15, 0.2) is 4.77 Å². The fourth-order valence-corrected chi connectivity index (χ4v) is 3.89. The largest absolute Gasteiger partial charge is 0.337 e. The normalized spacial score (nSPS) is 15.4. The minimum Gasteiger partial charge on any atom is -0.337 e. The van der Waals surface area contributed by atoms with Gasteiger partial charge in [-0.05, 0) is 42.9 Å². The van der Waals surface area contributed by atoms with Crippen LogP contribution in [0.15, 0.2) is 47.3 Å². The molecular formula is C21H21FN4O2S. The van der Waals surface area contributed by atoms with Crippen molar-refractivity contribution in [3.05, 3.63) is 74.5 Å². The second-order valence-corrected chi connectivity index (χ2v) is 7.59. The van der Waals surface area contributed by atoms with Gasteiger partial charge in [-0.2, -0.15) is 0 Å². The zero-order valence-electron chi connectivity index (χ0n) is 15.8. The lowest BCUT2D eigenvalue weighted by atomic mass is 10.1. The summed E-state index contributed by atoms with van der Waals surface area (Å²) in [7, 11) is 0. The van der Waals surface area contributed by atoms with Crippen LogP contribution >= 0.6 is 12.2 Å². The molecule has 6 nitrogen and oxygen atoms in total. The highest BCUT2D eigenvalue weighted by Crippen LogP contribution is 2.16. The molecule has 0 atom stereocenters. The Balaban J connectivity index is 1.48. The van der Waals surface area contributed by atoms with E-state index in [1.165, 1.54) is 6.07 Å². The Labute approximate surface area is 172 Å². The number of H-pyrrole nitrogens is 2. The Kier molecular flexibility index (Phi) is 5.55. The van der Waals surface area contributed by atoms with E-state index in [4.69, 9.17) is 12.2 Å². The summed E-state index contributed by atoms with van der Waals surface area (Å²) in [5, 5.41) is 0.460. The molecule has 3 aromatic rings. The van der Waals surface area contributed by atoms with Gasteiger partial charge in [0, 0.05) is 43.9 Å². The van der Waals surface area contributed by atoms with Gasteiger partial charge in [-0.25, -0.2) is 4.39 Å². The number of fused-ring (bicyclic) bond motifs is 1. The topological polar surface area (TPSA) is 72.2 Å². The Morgan fingerprint density at radius 3 is 2.72 bits per heavy atom. The van der Waals surface area contributed by atoms with E-state index in [2.05, 4.69) is 14.9 Å². The lowest BCUT2D eigenvalue weighted by Crippen LogP contribution is -2.35. The highest BCUT2D eigenvalue weighted by atomic mass is 32.1. The van der Waals surface area contributed by atoms with Crippen molar-refractivity contribution in [3.63, 3.8) is 0 Å². The summed E-state index contributed by atoms with van der Waals surface area (Å²) in [5.74, 6) is -0.285. The summed E-state index contributed by atoms with van der Waals surface area (Å²) >= 11 is 5.02. The van der Waals surface area contributed by atoms with E-state index < -0.39 is 0 Å². The first-order valence-corrected chi connectivity index (χ1v) is 9.93. The monoisotopic (exact) mass is 412 g/mol. The maximum absolute atomic E-state index is 13.9. The van der Waals surface area contributed by atoms with Crippen LogP contribution in [0.25, 0.3) is 10.9 Å². The van der Waals surface area contributed by atoms with E-state index in [9.17, 15) is 14.0 Å². The number of nitrogens with zero attached hydrogens (tertiary/aromatic N) is 2. The van der Waals surface area contributed by atoms with Crippen molar-refractivity contribution in [3.8, 4) is 0 Å². The lowest BCUT2D eigenvalue weighted by molar-refractivity contribution is 0.0761. The maximum atomic E-state index is 13.9. The molecule has 0 radical (unpaired) electrons. The van der Waals surface area contributed by atoms with Gasteiger partial charge in [-0.1, -0.05) is 18.2 Å². The van der Waals surface area contributed by atoms with Gasteiger partial charge < -0.3 is 9.88 Å². The van der Waals surface area contributed by atoms with Crippen LogP contribution < -0.4 is 5.56 Å². The molecule has 0 saturated carbocycles. The van der Waals surface area contributed by atoms with Gasteiger partial charge in [-0.15, -0.1) is 0 Å². The molecule has 29 heavy (non-hydrogen) atoms. The SMILES string of the molecule is O=C(c1ccc2c(=O)[nH]c(=S)[nH]c2c1)N1CCCN(Cc2ccccc2F)CC1. The van der Waals surface area contributed by atoms with Gasteiger partial charge in [0.2, 0.25) is 0 Å². The van der Waals surface area contributed by atoms with E-state index in [0.717, 1.165) is 13.0 Å². The van der Waals surface area contributed by atoms with Crippen LogP contribution in [0, 0.1) is 10.6 Å². The predicted molar refractivity (Wildman–Crippen MR) is 112 cm³/mol. The minimum absolute atomic E-state index is 0.0840. The molecule has 2 aromatic carbocycles. The maximum Gasteiger partial charge on any atom is 0.259 e. The number of hydrogen-bond acceptors (Lipinski definition) is 4. The molecule has 1 fully saturated rings. The number of nitrogens with one attached hydrogen (secondary N) is 2. The molecule has 0 spiro atoms. The molecule has 1 aromatic heterocycles. The van der Waals surface area contributed by atoms with Crippen LogP contribution in [0.5, 0.6) is 0 Å². The number of aromatic nitrogens is 2. The zero-order valence-corrected chi connectivity index (χ0v) is 16.6. The smallest absolute Gasteiger partial charge is 0.259 e. The fourth-order valence-electron chi connectivity index (χ4n) is 3.68. The number of aromatic amines is 2. The average molecular weight is 412 g/mol. The first kappa shape index (κ1) is 19.5. The standard InChI is InChI=1S/C21H21FN4O2S/c22-17-5-2-1-4-15(17)13-25-8-3-9-26(11-10-25)20(28)14-6-7-16-18(12-14)23-21(29)24-19(16)27/h1-2,4-7,12H,3,8-11,13H2,(H2,23,24,27,29). The summed E-state index contributed by atoms with van der Waals surface area (Å²) < 4.78 is 14.2. The van der Waals surface area contributed by atoms with Crippen LogP contribution in [0.1, 0.15) is 22.3 Å². The van der Waals surface area contributed by atoms with Gasteiger partial charge in [0.05, 0.1) is 10.9 Å². The molecule has 1 amide bonds. The van der Waals surface area contributed by atoms with Crippen molar-refractivity contribution in [1.29, 1.82) is 0 Å². The van der Waals surface area contributed by atoms with Crippen LogP contribution in [0.3, 0.4) is 0 Å². The fraction of sp³-hybridized carbons (Fsp3) is 0.286. The molecule has 8 heteroatoms. The number of carbonyl (C=O) groups excluding carboxylic acids is 1. The molecular weight excluding hydrogens is 391 g/mol. The van der Waals surface area contributed by atoms with Crippen molar-refractivity contribution in [2.45, 2.75) is 13.0 Å². The molecule has 0 unspecified atom stereocenters. The molecule has 2 N–H and O–H groups in total. The molecule has 0 aliphatic carbocycles. The van der Waals surface area contributed by atoms with Crippen molar-refractivity contribution < 1.29 is 9.18 Å². The van der Waals surface area contributed by atoms with Crippen LogP contribution in [0.4, 0.5) is 4.39 Å². The summed E-state index contributed by atoms with van der Waals surface area (Å²) in [6.07, 6.45) is 0.815. The number of benzene rings is 2. The van der Waals surface area contributed by atoms with E-state index in [0.29, 0.717) is 48.2 Å². The van der Waals surface area contributed by atoms with E-state index in [1.807, 2.05) is 11.0 Å². The number of rotatable bonds is 3. The van der Waals surface area contributed by atoms with E-state index >= 15 is 0 Å². The third-order valence-corrected chi connectivity index (χ3v) is 5.42. The first-order chi connectivity index (χ1) is 14.0. The molecule has 2 heterocycles. The van der Waals surface area contributed by atoms with Gasteiger partial charge >= 0.3 is 0 Å². The van der Waals surface area contributed by atoms with Crippen molar-refractivity contribution >= 4 is 29.0 Å². The molecule has 150 valence electrons. The zero-order chi connectivity index (χ0) is 20.4. The molecule has 1 saturated heterocycles. The molecule has 1 aliphatic rings. The quantitative estimate of drug-likeness (QED) is 0.649. The van der Waals surface area contributed by atoms with E-state index in [1.54, 1.807) is 30.3 Å². The summed E-state index contributed by atoms with van der Waals surface area (Å²) in [5.41, 5.74) is 1.44. The van der Waals surface area contributed by atoms with E-state index in [-0.39, 0.29) is 22.1 Å². The van der Waals surface area contributed by atoms with Crippen LogP contribution in [-0.2, 0) is 6.54 Å². The third kappa shape index (κ3) is 4.28. The molecule has 1 aliphatic heterocycles. The molecule has 4 rings (SSSR count). The number of carbonyl (C=O) groups is 1. The Morgan fingerprint density at radius 2 is 1.90 bits per heavy atom.